The number of hydrogen-bond acceptors (Lipinski definition) is 4. The number of aryl methyl sites for hydroxylation is 1. The first-order valence-electron chi connectivity index (χ1n) is 10.3. The lowest BCUT2D eigenvalue weighted by Gasteiger charge is -2.11. The first-order chi connectivity index (χ1) is 16.4. The van der Waals surface area contributed by atoms with E-state index < -0.39 is 5.91 Å². The third kappa shape index (κ3) is 5.89. The predicted molar refractivity (Wildman–Crippen MR) is 139 cm³/mol. The molecule has 8 heteroatoms. The van der Waals surface area contributed by atoms with Crippen LogP contribution >= 0.6 is 39.1 Å². The van der Waals surface area contributed by atoms with Crippen LogP contribution in [0, 0.1) is 6.92 Å². The molecule has 0 radical (unpaired) electrons. The van der Waals surface area contributed by atoms with Crippen molar-refractivity contribution in [2.75, 3.05) is 0 Å². The minimum absolute atomic E-state index is 0.188. The van der Waals surface area contributed by atoms with Gasteiger partial charge in [-0.1, -0.05) is 63.4 Å². The van der Waals surface area contributed by atoms with E-state index >= 15 is 0 Å². The van der Waals surface area contributed by atoms with Crippen molar-refractivity contribution in [3.63, 3.8) is 0 Å². The van der Waals surface area contributed by atoms with Gasteiger partial charge in [0.05, 0.1) is 11.8 Å². The Kier molecular flexibility index (Phi) is 7.73. The Morgan fingerprint density at radius 3 is 2.71 bits per heavy atom. The number of rotatable bonds is 7. The molecule has 5 nitrogen and oxygen atoms in total. The topological polar surface area (TPSA) is 63.8 Å². The van der Waals surface area contributed by atoms with Crippen LogP contribution in [0.1, 0.15) is 27.2 Å². The van der Waals surface area contributed by atoms with Crippen LogP contribution in [0.2, 0.25) is 10.0 Å². The van der Waals surface area contributed by atoms with E-state index in [0.717, 1.165) is 21.2 Å². The van der Waals surface area contributed by atoms with E-state index in [9.17, 15) is 4.79 Å². The number of furan rings is 1. The van der Waals surface area contributed by atoms with Crippen LogP contribution in [0.25, 0.3) is 11.3 Å². The summed E-state index contributed by atoms with van der Waals surface area (Å²) in [6.45, 7) is 2.21. The third-order valence-corrected chi connectivity index (χ3v) is 6.15. The molecular weight excluding hydrogens is 539 g/mol. The number of benzene rings is 3. The van der Waals surface area contributed by atoms with Crippen LogP contribution in [0.4, 0.5) is 0 Å². The van der Waals surface area contributed by atoms with Crippen molar-refractivity contribution in [2.45, 2.75) is 13.5 Å². The van der Waals surface area contributed by atoms with Gasteiger partial charge >= 0.3 is 0 Å². The molecular formula is C26H19BrCl2N2O3. The molecule has 0 spiro atoms. The number of ether oxygens (including phenoxy) is 1. The molecule has 1 amide bonds. The summed E-state index contributed by atoms with van der Waals surface area (Å²) >= 11 is 15.7. The van der Waals surface area contributed by atoms with Gasteiger partial charge < -0.3 is 9.15 Å². The van der Waals surface area contributed by atoms with Crippen molar-refractivity contribution >= 4 is 51.3 Å². The zero-order chi connectivity index (χ0) is 24.1. The zero-order valence-corrected chi connectivity index (χ0v) is 21.1. The van der Waals surface area contributed by atoms with Gasteiger partial charge in [0.15, 0.2) is 0 Å². The van der Waals surface area contributed by atoms with Crippen LogP contribution < -0.4 is 10.2 Å². The zero-order valence-electron chi connectivity index (χ0n) is 18.0. The molecule has 0 fully saturated rings. The van der Waals surface area contributed by atoms with Gasteiger partial charge in [-0.15, -0.1) is 0 Å². The number of nitrogens with one attached hydrogen (secondary N) is 1. The lowest BCUT2D eigenvalue weighted by atomic mass is 10.1. The normalized spacial score (nSPS) is 11.1. The molecule has 1 aromatic heterocycles. The summed E-state index contributed by atoms with van der Waals surface area (Å²) in [5, 5.41) is 5.06. The molecule has 0 aliphatic heterocycles. The molecule has 3 aromatic carbocycles. The highest BCUT2D eigenvalue weighted by Gasteiger charge is 2.13. The molecule has 0 saturated carbocycles. The molecule has 0 saturated heterocycles. The highest BCUT2D eigenvalue weighted by Crippen LogP contribution is 2.30. The van der Waals surface area contributed by atoms with Gasteiger partial charge in [-0.3, -0.25) is 4.79 Å². The van der Waals surface area contributed by atoms with Crippen LogP contribution in [0.15, 0.2) is 86.8 Å². The van der Waals surface area contributed by atoms with E-state index in [1.807, 2.05) is 31.2 Å². The Morgan fingerprint density at radius 1 is 1.09 bits per heavy atom. The quantitative estimate of drug-likeness (QED) is 0.187. The fourth-order valence-corrected chi connectivity index (χ4v) is 4.33. The van der Waals surface area contributed by atoms with Gasteiger partial charge in [-0.05, 0) is 61.0 Å². The number of amides is 1. The largest absolute Gasteiger partial charge is 0.488 e. The van der Waals surface area contributed by atoms with Gasteiger partial charge in [0.25, 0.3) is 5.91 Å². The molecule has 0 unspecified atom stereocenters. The molecule has 0 aliphatic rings. The molecule has 4 rings (SSSR count). The Balaban J connectivity index is 1.41. The molecule has 34 heavy (non-hydrogen) atoms. The van der Waals surface area contributed by atoms with E-state index in [2.05, 4.69) is 26.5 Å². The molecule has 172 valence electrons. The molecule has 1 heterocycles. The van der Waals surface area contributed by atoms with E-state index in [4.69, 9.17) is 32.4 Å². The van der Waals surface area contributed by atoms with Crippen LogP contribution in [0.3, 0.4) is 0 Å². The Hall–Kier alpha value is -3.06. The fraction of sp³-hybridized carbons (Fsp3) is 0.0769. The van der Waals surface area contributed by atoms with Crippen LogP contribution in [-0.2, 0) is 6.61 Å². The Bertz CT molecular complexity index is 1370. The van der Waals surface area contributed by atoms with Gasteiger partial charge in [-0.25, -0.2) is 5.43 Å². The smallest absolute Gasteiger partial charge is 0.275 e. The standard InChI is InChI=1S/C26H19BrCl2N2O3/c1-16-6-10-20(22(27)12-16)25-11-9-19(34-25)14-30-31-26(32)21-4-2-3-5-24(21)33-15-17-7-8-18(28)13-23(17)29/h2-14H,15H2,1H3,(H,31,32)/b30-14+. The fourth-order valence-electron chi connectivity index (χ4n) is 3.18. The number of halogens is 3. The average Bonchev–Trinajstić information content (AvgIpc) is 3.27. The number of nitrogens with zero attached hydrogens (tertiary/aromatic N) is 1. The molecule has 0 atom stereocenters. The van der Waals surface area contributed by atoms with E-state index in [0.29, 0.717) is 32.9 Å². The summed E-state index contributed by atoms with van der Waals surface area (Å²) in [6.07, 6.45) is 1.44. The molecule has 4 aromatic rings. The van der Waals surface area contributed by atoms with Crippen molar-refractivity contribution in [3.05, 3.63) is 110 Å². The molecule has 1 N–H and O–H groups in total. The predicted octanol–water partition coefficient (Wildman–Crippen LogP) is 7.67. The third-order valence-electron chi connectivity index (χ3n) is 4.90. The van der Waals surface area contributed by atoms with Gasteiger partial charge in [-0.2, -0.15) is 5.10 Å². The first-order valence-corrected chi connectivity index (χ1v) is 11.8. The summed E-state index contributed by atoms with van der Waals surface area (Å²) in [7, 11) is 0. The first kappa shape index (κ1) is 24.1. The summed E-state index contributed by atoms with van der Waals surface area (Å²) in [4.78, 5) is 12.7. The van der Waals surface area contributed by atoms with Crippen molar-refractivity contribution in [1.82, 2.24) is 5.43 Å². The maximum atomic E-state index is 12.7. The van der Waals surface area contributed by atoms with Gasteiger partial charge in [0, 0.05) is 25.6 Å². The minimum atomic E-state index is -0.415. The molecule has 0 aliphatic carbocycles. The second kappa shape index (κ2) is 10.9. The van der Waals surface area contributed by atoms with E-state index in [1.54, 1.807) is 48.5 Å². The highest BCUT2D eigenvalue weighted by atomic mass is 79.9. The summed E-state index contributed by atoms with van der Waals surface area (Å²) in [6, 6.07) is 21.7. The van der Waals surface area contributed by atoms with E-state index in [1.165, 1.54) is 6.21 Å². The summed E-state index contributed by atoms with van der Waals surface area (Å²) in [5.41, 5.74) is 5.69. The van der Waals surface area contributed by atoms with Crippen molar-refractivity contribution in [2.24, 2.45) is 5.10 Å². The van der Waals surface area contributed by atoms with Crippen LogP contribution in [-0.4, -0.2) is 12.1 Å². The number of hydrazone groups is 1. The van der Waals surface area contributed by atoms with Crippen molar-refractivity contribution in [1.29, 1.82) is 0 Å². The Morgan fingerprint density at radius 2 is 1.91 bits per heavy atom. The number of para-hydroxylation sites is 1. The van der Waals surface area contributed by atoms with Crippen molar-refractivity contribution < 1.29 is 13.9 Å². The Labute approximate surface area is 215 Å². The lowest BCUT2D eigenvalue weighted by molar-refractivity contribution is 0.0950. The van der Waals surface area contributed by atoms with E-state index in [-0.39, 0.29) is 6.61 Å². The monoisotopic (exact) mass is 556 g/mol. The minimum Gasteiger partial charge on any atom is -0.488 e. The number of carbonyl (C=O) groups is 1. The summed E-state index contributed by atoms with van der Waals surface area (Å²) in [5.74, 6) is 1.19. The summed E-state index contributed by atoms with van der Waals surface area (Å²) < 4.78 is 12.6. The lowest BCUT2D eigenvalue weighted by Crippen LogP contribution is -2.18. The SMILES string of the molecule is Cc1ccc(-c2ccc(/C=N/NC(=O)c3ccccc3OCc3ccc(Cl)cc3Cl)o2)c(Br)c1. The molecule has 0 bridgehead atoms. The number of hydrogen-bond donors (Lipinski definition) is 1. The second-order valence-electron chi connectivity index (χ2n) is 7.41. The number of carbonyl (C=O) groups excluding carboxylic acids is 1. The second-order valence-corrected chi connectivity index (χ2v) is 9.10. The highest BCUT2D eigenvalue weighted by molar-refractivity contribution is 9.10. The maximum absolute atomic E-state index is 12.7. The average molecular weight is 558 g/mol. The van der Waals surface area contributed by atoms with Crippen LogP contribution in [0.5, 0.6) is 5.75 Å². The van der Waals surface area contributed by atoms with Gasteiger partial charge in [0.1, 0.15) is 23.9 Å². The van der Waals surface area contributed by atoms with Crippen molar-refractivity contribution in [3.8, 4) is 17.1 Å². The van der Waals surface area contributed by atoms with Gasteiger partial charge in [0.2, 0.25) is 0 Å². The maximum Gasteiger partial charge on any atom is 0.275 e.